The summed E-state index contributed by atoms with van der Waals surface area (Å²) in [5.41, 5.74) is 11.8. The van der Waals surface area contributed by atoms with Crippen molar-refractivity contribution in [2.45, 2.75) is 53.4 Å². The second kappa shape index (κ2) is 8.05. The van der Waals surface area contributed by atoms with Crippen LogP contribution in [0.4, 0.5) is 0 Å². The third-order valence-electron chi connectivity index (χ3n) is 5.38. The highest BCUT2D eigenvalue weighted by atomic mass is 16.5. The van der Waals surface area contributed by atoms with Gasteiger partial charge in [0.15, 0.2) is 0 Å². The Hall–Kier alpha value is -2.82. The van der Waals surface area contributed by atoms with E-state index in [1.165, 1.54) is 5.56 Å². The van der Waals surface area contributed by atoms with E-state index in [2.05, 4.69) is 19.9 Å². The van der Waals surface area contributed by atoms with E-state index in [-0.39, 0.29) is 0 Å². The quantitative estimate of drug-likeness (QED) is 0.627. The Morgan fingerprint density at radius 2 is 1.86 bits per heavy atom. The van der Waals surface area contributed by atoms with Crippen LogP contribution in [-0.4, -0.2) is 21.9 Å². The minimum atomic E-state index is -0.475. The van der Waals surface area contributed by atoms with Crippen LogP contribution in [0.1, 0.15) is 66.7 Å². The lowest BCUT2D eigenvalue weighted by Crippen LogP contribution is -2.15. The number of pyridine rings is 1. The monoisotopic (exact) mass is 379 g/mol. The number of carbonyl (C=O) groups excluding carboxylic acids is 1. The lowest BCUT2D eigenvalue weighted by molar-refractivity contribution is 0.0995. The van der Waals surface area contributed by atoms with Crippen LogP contribution in [0, 0.1) is 13.8 Å². The first kappa shape index (κ1) is 19.9. The SMILES string of the molecule is CCOc1ccc(-c2nc3c(C)cc(C(CC)CC)cn3c2C(N)=O)c(C)c1. The highest BCUT2D eigenvalue weighted by molar-refractivity contribution is 5.99. The number of nitrogens with two attached hydrogens (primary N) is 1. The standard InChI is InChI=1S/C23H29N3O2/c1-6-16(7-2)17-11-15(5)23-25-20(21(22(24)27)26(23)13-17)19-10-9-18(28-8-3)12-14(19)4/h9-13,16H,6-8H2,1-5H3,(H2,24,27). The number of carbonyl (C=O) groups is 1. The van der Waals surface area contributed by atoms with Gasteiger partial charge in [0.25, 0.3) is 5.91 Å². The molecular weight excluding hydrogens is 350 g/mol. The van der Waals surface area contributed by atoms with Crippen molar-refractivity contribution in [1.29, 1.82) is 0 Å². The molecule has 0 atom stereocenters. The highest BCUT2D eigenvalue weighted by Gasteiger charge is 2.22. The van der Waals surface area contributed by atoms with Gasteiger partial charge in [-0.3, -0.25) is 9.20 Å². The van der Waals surface area contributed by atoms with Gasteiger partial charge in [-0.05, 0) is 74.4 Å². The van der Waals surface area contributed by atoms with E-state index in [1.807, 2.05) is 49.6 Å². The van der Waals surface area contributed by atoms with Gasteiger partial charge >= 0.3 is 0 Å². The van der Waals surface area contributed by atoms with E-state index in [1.54, 1.807) is 0 Å². The molecule has 3 rings (SSSR count). The number of aryl methyl sites for hydroxylation is 2. The third kappa shape index (κ3) is 3.49. The summed E-state index contributed by atoms with van der Waals surface area (Å²) in [5, 5.41) is 0. The Labute approximate surface area is 166 Å². The van der Waals surface area contributed by atoms with Crippen molar-refractivity contribution in [2.75, 3.05) is 6.61 Å². The first-order chi connectivity index (χ1) is 13.4. The molecule has 1 amide bonds. The van der Waals surface area contributed by atoms with E-state index in [9.17, 15) is 4.79 Å². The summed E-state index contributed by atoms with van der Waals surface area (Å²) in [4.78, 5) is 17.2. The number of hydrogen-bond donors (Lipinski definition) is 1. The number of ether oxygens (including phenoxy) is 1. The molecule has 2 aromatic heterocycles. The molecule has 0 unspecified atom stereocenters. The molecule has 0 spiro atoms. The fraction of sp³-hybridized carbons (Fsp3) is 0.391. The van der Waals surface area contributed by atoms with Gasteiger partial charge < -0.3 is 10.5 Å². The minimum absolute atomic E-state index is 0.429. The van der Waals surface area contributed by atoms with Crippen LogP contribution >= 0.6 is 0 Å². The lowest BCUT2D eigenvalue weighted by atomic mass is 9.94. The molecule has 148 valence electrons. The summed E-state index contributed by atoms with van der Waals surface area (Å²) >= 11 is 0. The lowest BCUT2D eigenvalue weighted by Gasteiger charge is -2.14. The summed E-state index contributed by atoms with van der Waals surface area (Å²) in [5.74, 6) is 0.777. The smallest absolute Gasteiger partial charge is 0.268 e. The Morgan fingerprint density at radius 1 is 1.14 bits per heavy atom. The number of amides is 1. The van der Waals surface area contributed by atoms with Crippen molar-refractivity contribution >= 4 is 11.6 Å². The van der Waals surface area contributed by atoms with Crippen LogP contribution in [-0.2, 0) is 0 Å². The number of nitrogens with zero attached hydrogens (tertiary/aromatic N) is 2. The zero-order valence-corrected chi connectivity index (χ0v) is 17.4. The van der Waals surface area contributed by atoms with E-state index < -0.39 is 5.91 Å². The van der Waals surface area contributed by atoms with Gasteiger partial charge in [0.2, 0.25) is 0 Å². The van der Waals surface area contributed by atoms with E-state index in [0.29, 0.717) is 23.9 Å². The molecule has 5 nitrogen and oxygen atoms in total. The molecule has 1 aromatic carbocycles. The third-order valence-corrected chi connectivity index (χ3v) is 5.38. The second-order valence-corrected chi connectivity index (χ2v) is 7.25. The molecule has 0 radical (unpaired) electrons. The Morgan fingerprint density at radius 3 is 2.43 bits per heavy atom. The fourth-order valence-corrected chi connectivity index (χ4v) is 3.90. The molecule has 0 aliphatic carbocycles. The topological polar surface area (TPSA) is 69.6 Å². The number of benzene rings is 1. The van der Waals surface area contributed by atoms with Crippen molar-refractivity contribution in [3.63, 3.8) is 0 Å². The second-order valence-electron chi connectivity index (χ2n) is 7.25. The minimum Gasteiger partial charge on any atom is -0.494 e. The number of fused-ring (bicyclic) bond motifs is 1. The van der Waals surface area contributed by atoms with Crippen molar-refractivity contribution in [1.82, 2.24) is 9.38 Å². The average molecular weight is 380 g/mol. The van der Waals surface area contributed by atoms with Crippen LogP contribution in [0.15, 0.2) is 30.5 Å². The largest absolute Gasteiger partial charge is 0.494 e. The van der Waals surface area contributed by atoms with Crippen LogP contribution in [0.5, 0.6) is 5.75 Å². The molecule has 0 aliphatic heterocycles. The molecule has 0 fully saturated rings. The van der Waals surface area contributed by atoms with Gasteiger partial charge in [0.05, 0.1) is 6.61 Å². The Kier molecular flexibility index (Phi) is 5.73. The molecule has 28 heavy (non-hydrogen) atoms. The Bertz CT molecular complexity index is 1020. The fourth-order valence-electron chi connectivity index (χ4n) is 3.90. The Balaban J connectivity index is 2.25. The zero-order chi connectivity index (χ0) is 20.4. The summed E-state index contributed by atoms with van der Waals surface area (Å²) in [7, 11) is 0. The van der Waals surface area contributed by atoms with Crippen molar-refractivity contribution in [3.8, 4) is 17.0 Å². The molecular formula is C23H29N3O2. The summed E-state index contributed by atoms with van der Waals surface area (Å²) in [6, 6.07) is 8.00. The van der Waals surface area contributed by atoms with Crippen LogP contribution in [0.25, 0.3) is 16.9 Å². The molecule has 0 bridgehead atoms. The van der Waals surface area contributed by atoms with E-state index in [4.69, 9.17) is 15.5 Å². The van der Waals surface area contributed by atoms with Gasteiger partial charge in [0, 0.05) is 11.8 Å². The number of aromatic nitrogens is 2. The van der Waals surface area contributed by atoms with Gasteiger partial charge in [-0.1, -0.05) is 19.9 Å². The molecule has 2 N–H and O–H groups in total. The average Bonchev–Trinajstić information content (AvgIpc) is 3.03. The normalized spacial score (nSPS) is 11.4. The summed E-state index contributed by atoms with van der Waals surface area (Å²) in [6.45, 7) is 11.0. The van der Waals surface area contributed by atoms with Gasteiger partial charge in [-0.15, -0.1) is 0 Å². The van der Waals surface area contributed by atoms with Crippen molar-refractivity contribution in [3.05, 3.63) is 52.8 Å². The number of rotatable bonds is 7. The maximum absolute atomic E-state index is 12.4. The predicted molar refractivity (Wildman–Crippen MR) is 113 cm³/mol. The molecule has 2 heterocycles. The van der Waals surface area contributed by atoms with Crippen LogP contribution in [0.3, 0.4) is 0 Å². The predicted octanol–water partition coefficient (Wildman–Crippen LogP) is 5.02. The zero-order valence-electron chi connectivity index (χ0n) is 17.4. The highest BCUT2D eigenvalue weighted by Crippen LogP contribution is 2.32. The van der Waals surface area contributed by atoms with Gasteiger partial charge in [-0.2, -0.15) is 0 Å². The van der Waals surface area contributed by atoms with Crippen molar-refractivity contribution in [2.24, 2.45) is 5.73 Å². The molecule has 0 saturated heterocycles. The first-order valence-corrected chi connectivity index (χ1v) is 9.97. The molecule has 3 aromatic rings. The van der Waals surface area contributed by atoms with Gasteiger partial charge in [-0.25, -0.2) is 4.98 Å². The van der Waals surface area contributed by atoms with Gasteiger partial charge in [0.1, 0.15) is 22.8 Å². The maximum Gasteiger partial charge on any atom is 0.268 e. The summed E-state index contributed by atoms with van der Waals surface area (Å²) < 4.78 is 7.45. The van der Waals surface area contributed by atoms with E-state index >= 15 is 0 Å². The maximum atomic E-state index is 12.4. The molecule has 5 heteroatoms. The van der Waals surface area contributed by atoms with Crippen LogP contribution in [0.2, 0.25) is 0 Å². The summed E-state index contributed by atoms with van der Waals surface area (Å²) in [6.07, 6.45) is 4.13. The molecule has 0 saturated carbocycles. The van der Waals surface area contributed by atoms with Crippen LogP contribution < -0.4 is 10.5 Å². The number of imidazole rings is 1. The number of hydrogen-bond acceptors (Lipinski definition) is 3. The number of primary amides is 1. The first-order valence-electron chi connectivity index (χ1n) is 9.97. The van der Waals surface area contributed by atoms with E-state index in [0.717, 1.165) is 40.9 Å². The molecule has 0 aliphatic rings. The van der Waals surface area contributed by atoms with Crippen molar-refractivity contribution < 1.29 is 9.53 Å².